The van der Waals surface area contributed by atoms with Crippen molar-refractivity contribution in [1.29, 1.82) is 0 Å². The van der Waals surface area contributed by atoms with Gasteiger partial charge in [0.25, 0.3) is 5.22 Å². The molecule has 1 atom stereocenters. The Morgan fingerprint density at radius 3 is 2.83 bits per heavy atom. The lowest BCUT2D eigenvalue weighted by molar-refractivity contribution is -0.117. The molecule has 0 spiro atoms. The predicted octanol–water partition coefficient (Wildman–Crippen LogP) is 2.46. The van der Waals surface area contributed by atoms with Crippen LogP contribution in [0.3, 0.4) is 0 Å². The average Bonchev–Trinajstić information content (AvgIpc) is 2.77. The highest BCUT2D eigenvalue weighted by atomic mass is 79.9. The van der Waals surface area contributed by atoms with Crippen LogP contribution in [0, 0.1) is 0 Å². The molecule has 1 aromatic carbocycles. The van der Waals surface area contributed by atoms with E-state index in [1.165, 1.54) is 0 Å². The molecule has 18 heavy (non-hydrogen) atoms. The molecule has 7 heteroatoms. The molecule has 0 aliphatic rings. The summed E-state index contributed by atoms with van der Waals surface area (Å²) in [7, 11) is 0. The molecule has 0 bridgehead atoms. The van der Waals surface area contributed by atoms with Gasteiger partial charge in [0.2, 0.25) is 11.8 Å². The van der Waals surface area contributed by atoms with Crippen molar-refractivity contribution in [2.75, 3.05) is 0 Å². The second-order valence-corrected chi connectivity index (χ2v) is 5.66. The van der Waals surface area contributed by atoms with E-state index in [2.05, 4.69) is 26.1 Å². The minimum atomic E-state index is -0.416. The Kier molecular flexibility index (Phi) is 4.03. The van der Waals surface area contributed by atoms with Crippen molar-refractivity contribution in [1.82, 2.24) is 10.2 Å². The van der Waals surface area contributed by atoms with Gasteiger partial charge in [0.1, 0.15) is 0 Å². The smallest absolute Gasteiger partial charge is 0.277 e. The van der Waals surface area contributed by atoms with Crippen LogP contribution in [0.25, 0.3) is 11.5 Å². The zero-order chi connectivity index (χ0) is 13.1. The number of hydrogen-bond donors (Lipinski definition) is 1. The van der Waals surface area contributed by atoms with Crippen molar-refractivity contribution in [3.8, 4) is 11.5 Å². The molecule has 0 radical (unpaired) electrons. The van der Waals surface area contributed by atoms with Crippen molar-refractivity contribution >= 4 is 33.6 Å². The topological polar surface area (TPSA) is 82.0 Å². The molecule has 1 aromatic heterocycles. The minimum Gasteiger partial charge on any atom is -0.411 e. The van der Waals surface area contributed by atoms with Gasteiger partial charge in [-0.15, -0.1) is 10.2 Å². The summed E-state index contributed by atoms with van der Waals surface area (Å²) in [5, 5.41) is 7.73. The third kappa shape index (κ3) is 2.91. The molecule has 2 aromatic rings. The van der Waals surface area contributed by atoms with E-state index >= 15 is 0 Å². The van der Waals surface area contributed by atoms with E-state index < -0.39 is 11.2 Å². The number of carbonyl (C=O) groups excluding carboxylic acids is 1. The van der Waals surface area contributed by atoms with Gasteiger partial charge in [0.05, 0.1) is 10.8 Å². The van der Waals surface area contributed by atoms with Crippen LogP contribution in [0.2, 0.25) is 0 Å². The molecule has 0 aliphatic heterocycles. The number of carbonyl (C=O) groups is 1. The first-order valence-electron chi connectivity index (χ1n) is 5.12. The fraction of sp³-hybridized carbons (Fsp3) is 0.182. The summed E-state index contributed by atoms with van der Waals surface area (Å²) >= 11 is 4.55. The van der Waals surface area contributed by atoms with Crippen molar-refractivity contribution in [2.24, 2.45) is 5.73 Å². The molecular weight excluding hydrogens is 318 g/mol. The van der Waals surface area contributed by atoms with E-state index in [9.17, 15) is 4.79 Å². The molecule has 0 aliphatic carbocycles. The second-order valence-electron chi connectivity index (χ2n) is 3.52. The van der Waals surface area contributed by atoms with Crippen LogP contribution in [0.5, 0.6) is 0 Å². The van der Waals surface area contributed by atoms with Gasteiger partial charge in [-0.25, -0.2) is 0 Å². The van der Waals surface area contributed by atoms with E-state index in [1.54, 1.807) is 6.92 Å². The van der Waals surface area contributed by atoms with Gasteiger partial charge in [-0.1, -0.05) is 23.9 Å². The van der Waals surface area contributed by atoms with E-state index in [-0.39, 0.29) is 0 Å². The van der Waals surface area contributed by atoms with Crippen LogP contribution in [-0.2, 0) is 4.79 Å². The highest BCUT2D eigenvalue weighted by Crippen LogP contribution is 2.30. The molecule has 0 saturated carbocycles. The maximum atomic E-state index is 10.9. The monoisotopic (exact) mass is 327 g/mol. The van der Waals surface area contributed by atoms with E-state index in [0.29, 0.717) is 11.1 Å². The molecule has 2 rings (SSSR count). The van der Waals surface area contributed by atoms with Crippen molar-refractivity contribution in [2.45, 2.75) is 17.4 Å². The number of thioether (sulfide) groups is 1. The Balaban J connectivity index is 2.21. The van der Waals surface area contributed by atoms with Crippen LogP contribution < -0.4 is 5.73 Å². The van der Waals surface area contributed by atoms with Crippen molar-refractivity contribution in [3.05, 3.63) is 28.7 Å². The van der Waals surface area contributed by atoms with Crippen LogP contribution in [0.15, 0.2) is 38.4 Å². The number of rotatable bonds is 4. The van der Waals surface area contributed by atoms with Gasteiger partial charge in [-0.2, -0.15) is 0 Å². The maximum Gasteiger partial charge on any atom is 0.277 e. The predicted molar refractivity (Wildman–Crippen MR) is 71.9 cm³/mol. The van der Waals surface area contributed by atoms with E-state index in [4.69, 9.17) is 10.2 Å². The van der Waals surface area contributed by atoms with Gasteiger partial charge >= 0.3 is 0 Å². The van der Waals surface area contributed by atoms with E-state index in [0.717, 1.165) is 21.8 Å². The lowest BCUT2D eigenvalue weighted by atomic mass is 10.2. The summed E-state index contributed by atoms with van der Waals surface area (Å²) in [6, 6.07) is 7.53. The fourth-order valence-electron chi connectivity index (χ4n) is 1.21. The molecule has 1 amide bonds. The van der Waals surface area contributed by atoms with Gasteiger partial charge in [0.15, 0.2) is 0 Å². The number of hydrogen-bond acceptors (Lipinski definition) is 5. The van der Waals surface area contributed by atoms with Crippen LogP contribution in [-0.4, -0.2) is 21.4 Å². The highest BCUT2D eigenvalue weighted by molar-refractivity contribution is 9.10. The van der Waals surface area contributed by atoms with Crippen molar-refractivity contribution in [3.63, 3.8) is 0 Å². The summed E-state index contributed by atoms with van der Waals surface area (Å²) in [6.07, 6.45) is 0. The lowest BCUT2D eigenvalue weighted by Crippen LogP contribution is -2.22. The Hall–Kier alpha value is -1.34. The highest BCUT2D eigenvalue weighted by Gasteiger charge is 2.16. The summed E-state index contributed by atoms with van der Waals surface area (Å²) in [5.74, 6) is -0.0118. The first-order chi connectivity index (χ1) is 8.58. The maximum absolute atomic E-state index is 10.9. The number of primary amides is 1. The Morgan fingerprint density at radius 2 is 2.17 bits per heavy atom. The molecule has 94 valence electrons. The molecule has 0 unspecified atom stereocenters. The van der Waals surface area contributed by atoms with E-state index in [1.807, 2.05) is 24.3 Å². The summed E-state index contributed by atoms with van der Waals surface area (Å²) in [5.41, 5.74) is 5.98. The number of nitrogens with zero attached hydrogens (tertiary/aromatic N) is 2. The third-order valence-corrected chi connectivity index (χ3v) is 3.83. The lowest BCUT2D eigenvalue weighted by Gasteiger charge is -2.01. The number of aromatic nitrogens is 2. The molecule has 1 heterocycles. The second kappa shape index (κ2) is 5.53. The molecule has 5 nitrogen and oxygen atoms in total. The summed E-state index contributed by atoms with van der Waals surface area (Å²) in [6.45, 7) is 1.69. The Morgan fingerprint density at radius 1 is 1.44 bits per heavy atom. The Labute approximate surface area is 116 Å². The molecule has 0 saturated heterocycles. The minimum absolute atomic E-state index is 0.326. The van der Waals surface area contributed by atoms with Crippen LogP contribution in [0.4, 0.5) is 0 Å². The standard InChI is InChI=1S/C11H10BrN3O2S/c1-6(9(13)16)18-11-15-14-10(17-11)7-4-2-3-5-8(7)12/h2-6H,1H3,(H2,13,16)/t6-/m1/s1. The zero-order valence-electron chi connectivity index (χ0n) is 9.46. The SMILES string of the molecule is C[C@@H](Sc1nnc(-c2ccccc2Br)o1)C(N)=O. The number of amides is 1. The average molecular weight is 328 g/mol. The van der Waals surface area contributed by atoms with Gasteiger partial charge in [0, 0.05) is 4.47 Å². The van der Waals surface area contributed by atoms with Crippen LogP contribution >= 0.6 is 27.7 Å². The first-order valence-corrected chi connectivity index (χ1v) is 6.79. The largest absolute Gasteiger partial charge is 0.411 e. The number of nitrogens with two attached hydrogens (primary N) is 1. The van der Waals surface area contributed by atoms with Gasteiger partial charge < -0.3 is 10.2 Å². The third-order valence-electron chi connectivity index (χ3n) is 2.19. The fourth-order valence-corrected chi connectivity index (χ4v) is 2.30. The van der Waals surface area contributed by atoms with Crippen LogP contribution in [0.1, 0.15) is 6.92 Å². The van der Waals surface area contributed by atoms with Gasteiger partial charge in [-0.3, -0.25) is 4.79 Å². The normalized spacial score (nSPS) is 12.3. The molecule has 0 fully saturated rings. The number of benzene rings is 1. The quantitative estimate of drug-likeness (QED) is 0.872. The first kappa shape index (κ1) is 13.1. The summed E-state index contributed by atoms with van der Waals surface area (Å²) < 4.78 is 6.34. The summed E-state index contributed by atoms with van der Waals surface area (Å²) in [4.78, 5) is 10.9. The zero-order valence-corrected chi connectivity index (χ0v) is 11.9. The Bertz CT molecular complexity index is 573. The molecular formula is C11H10BrN3O2S. The van der Waals surface area contributed by atoms with Gasteiger partial charge in [-0.05, 0) is 35.0 Å². The van der Waals surface area contributed by atoms with Crippen molar-refractivity contribution < 1.29 is 9.21 Å². The molecule has 2 N–H and O–H groups in total. The number of halogens is 1.